The maximum Gasteiger partial charge on any atom is 0.160 e. The lowest BCUT2D eigenvalue weighted by Crippen LogP contribution is -2.39. The van der Waals surface area contributed by atoms with Crippen molar-refractivity contribution in [2.75, 3.05) is 6.54 Å². The van der Waals surface area contributed by atoms with Gasteiger partial charge in [0, 0.05) is 12.2 Å². The van der Waals surface area contributed by atoms with Crippen LogP contribution in [0, 0.1) is 0 Å². The SMILES string of the molecule is NC1CCN[C@H](c2nnc3ccccn23)C1. The molecule has 3 heterocycles. The van der Waals surface area contributed by atoms with Crippen molar-refractivity contribution in [3.63, 3.8) is 0 Å². The van der Waals surface area contributed by atoms with Crippen molar-refractivity contribution in [3.8, 4) is 0 Å². The second-order valence-electron chi connectivity index (χ2n) is 4.28. The minimum absolute atomic E-state index is 0.223. The van der Waals surface area contributed by atoms with Crippen molar-refractivity contribution in [1.29, 1.82) is 0 Å². The average molecular weight is 217 g/mol. The van der Waals surface area contributed by atoms with Crippen molar-refractivity contribution >= 4 is 5.65 Å². The van der Waals surface area contributed by atoms with Crippen molar-refractivity contribution in [2.45, 2.75) is 24.9 Å². The molecule has 1 fully saturated rings. The maximum absolute atomic E-state index is 5.98. The highest BCUT2D eigenvalue weighted by Crippen LogP contribution is 2.21. The van der Waals surface area contributed by atoms with Crippen molar-refractivity contribution < 1.29 is 0 Å². The Morgan fingerprint density at radius 1 is 1.38 bits per heavy atom. The first kappa shape index (κ1) is 9.74. The lowest BCUT2D eigenvalue weighted by Gasteiger charge is -2.26. The molecular weight excluding hydrogens is 202 g/mol. The van der Waals surface area contributed by atoms with E-state index in [1.807, 2.05) is 28.8 Å². The van der Waals surface area contributed by atoms with Gasteiger partial charge in [0.15, 0.2) is 11.5 Å². The number of piperidine rings is 1. The van der Waals surface area contributed by atoms with Crippen molar-refractivity contribution in [2.24, 2.45) is 5.73 Å². The number of hydrogen-bond donors (Lipinski definition) is 2. The van der Waals surface area contributed by atoms with Gasteiger partial charge in [-0.15, -0.1) is 10.2 Å². The van der Waals surface area contributed by atoms with E-state index in [0.29, 0.717) is 0 Å². The highest BCUT2D eigenvalue weighted by atomic mass is 15.3. The number of aromatic nitrogens is 3. The average Bonchev–Trinajstić information content (AvgIpc) is 2.72. The van der Waals surface area contributed by atoms with Crippen LogP contribution in [-0.4, -0.2) is 27.2 Å². The minimum atomic E-state index is 0.223. The number of pyridine rings is 1. The van der Waals surface area contributed by atoms with Gasteiger partial charge in [-0.05, 0) is 31.5 Å². The molecule has 2 aromatic heterocycles. The second kappa shape index (κ2) is 3.84. The smallest absolute Gasteiger partial charge is 0.160 e. The molecule has 3 N–H and O–H groups in total. The van der Waals surface area contributed by atoms with Gasteiger partial charge < -0.3 is 11.1 Å². The van der Waals surface area contributed by atoms with E-state index < -0.39 is 0 Å². The molecule has 5 heteroatoms. The first-order chi connectivity index (χ1) is 7.84. The third-order valence-corrected chi connectivity index (χ3v) is 3.10. The fraction of sp³-hybridized carbons (Fsp3) is 0.455. The summed E-state index contributed by atoms with van der Waals surface area (Å²) in [5.41, 5.74) is 6.87. The highest BCUT2D eigenvalue weighted by molar-refractivity contribution is 5.37. The molecule has 84 valence electrons. The van der Waals surface area contributed by atoms with Gasteiger partial charge in [0.25, 0.3) is 0 Å². The lowest BCUT2D eigenvalue weighted by molar-refractivity contribution is 0.356. The van der Waals surface area contributed by atoms with Crippen LogP contribution in [0.4, 0.5) is 0 Å². The zero-order chi connectivity index (χ0) is 11.0. The Morgan fingerprint density at radius 3 is 3.19 bits per heavy atom. The van der Waals surface area contributed by atoms with E-state index in [0.717, 1.165) is 30.9 Å². The van der Waals surface area contributed by atoms with Crippen LogP contribution in [0.2, 0.25) is 0 Å². The molecule has 0 spiro atoms. The first-order valence-electron chi connectivity index (χ1n) is 5.63. The van der Waals surface area contributed by atoms with Crippen LogP contribution in [0.1, 0.15) is 24.7 Å². The molecule has 2 aromatic rings. The summed E-state index contributed by atoms with van der Waals surface area (Å²) in [5, 5.41) is 11.8. The number of nitrogens with one attached hydrogen (secondary N) is 1. The van der Waals surface area contributed by atoms with Crippen LogP contribution < -0.4 is 11.1 Å². The molecule has 0 bridgehead atoms. The predicted octanol–water partition coefficient (Wildman–Crippen LogP) is 0.481. The number of nitrogens with zero attached hydrogens (tertiary/aromatic N) is 3. The van der Waals surface area contributed by atoms with E-state index in [2.05, 4.69) is 15.5 Å². The number of nitrogens with two attached hydrogens (primary N) is 1. The van der Waals surface area contributed by atoms with Gasteiger partial charge >= 0.3 is 0 Å². The standard InChI is InChI=1S/C11H15N5/c12-8-4-5-13-9(7-8)11-15-14-10-3-1-2-6-16(10)11/h1-3,6,8-9,13H,4-5,7,12H2/t8?,9-/m0/s1. The summed E-state index contributed by atoms with van der Waals surface area (Å²) in [6, 6.07) is 6.40. The van der Waals surface area contributed by atoms with E-state index in [4.69, 9.17) is 5.73 Å². The Kier molecular flexibility index (Phi) is 2.34. The van der Waals surface area contributed by atoms with Gasteiger partial charge in [0.2, 0.25) is 0 Å². The maximum atomic E-state index is 5.98. The largest absolute Gasteiger partial charge is 0.328 e. The predicted molar refractivity (Wildman–Crippen MR) is 60.9 cm³/mol. The Balaban J connectivity index is 1.99. The minimum Gasteiger partial charge on any atom is -0.328 e. The Bertz CT molecular complexity index is 492. The molecule has 3 rings (SSSR count). The molecule has 0 saturated carbocycles. The van der Waals surface area contributed by atoms with Crippen LogP contribution in [0.5, 0.6) is 0 Å². The van der Waals surface area contributed by atoms with Gasteiger partial charge in [0.05, 0.1) is 6.04 Å². The number of fused-ring (bicyclic) bond motifs is 1. The first-order valence-corrected chi connectivity index (χ1v) is 5.63. The quantitative estimate of drug-likeness (QED) is 0.729. The van der Waals surface area contributed by atoms with Crippen LogP contribution in [0.25, 0.3) is 5.65 Å². The third-order valence-electron chi connectivity index (χ3n) is 3.10. The van der Waals surface area contributed by atoms with Gasteiger partial charge in [-0.25, -0.2) is 0 Å². The molecule has 2 atom stereocenters. The number of hydrogen-bond acceptors (Lipinski definition) is 4. The Morgan fingerprint density at radius 2 is 2.31 bits per heavy atom. The molecule has 5 nitrogen and oxygen atoms in total. The molecular formula is C11H15N5. The highest BCUT2D eigenvalue weighted by Gasteiger charge is 2.23. The van der Waals surface area contributed by atoms with E-state index in [9.17, 15) is 0 Å². The van der Waals surface area contributed by atoms with Crippen LogP contribution >= 0.6 is 0 Å². The fourth-order valence-electron chi connectivity index (χ4n) is 2.24. The van der Waals surface area contributed by atoms with Crippen molar-refractivity contribution in [3.05, 3.63) is 30.2 Å². The van der Waals surface area contributed by atoms with Crippen LogP contribution in [0.15, 0.2) is 24.4 Å². The van der Waals surface area contributed by atoms with Gasteiger partial charge in [-0.1, -0.05) is 6.07 Å². The number of rotatable bonds is 1. The topological polar surface area (TPSA) is 68.2 Å². The third kappa shape index (κ3) is 1.58. The lowest BCUT2D eigenvalue weighted by atomic mass is 10.00. The summed E-state index contributed by atoms with van der Waals surface area (Å²) in [4.78, 5) is 0. The summed E-state index contributed by atoms with van der Waals surface area (Å²) in [7, 11) is 0. The summed E-state index contributed by atoms with van der Waals surface area (Å²) >= 11 is 0. The Labute approximate surface area is 93.7 Å². The molecule has 1 unspecified atom stereocenters. The molecule has 0 radical (unpaired) electrons. The van der Waals surface area contributed by atoms with E-state index in [1.54, 1.807) is 0 Å². The van der Waals surface area contributed by atoms with Crippen LogP contribution in [0.3, 0.4) is 0 Å². The van der Waals surface area contributed by atoms with Crippen molar-refractivity contribution in [1.82, 2.24) is 19.9 Å². The molecule has 0 aliphatic carbocycles. The fourth-order valence-corrected chi connectivity index (χ4v) is 2.24. The van der Waals surface area contributed by atoms with E-state index >= 15 is 0 Å². The summed E-state index contributed by atoms with van der Waals surface area (Å²) in [6.07, 6.45) is 3.95. The monoisotopic (exact) mass is 217 g/mol. The molecule has 1 aliphatic heterocycles. The normalized spacial score (nSPS) is 26.1. The van der Waals surface area contributed by atoms with Gasteiger partial charge in [-0.2, -0.15) is 0 Å². The summed E-state index contributed by atoms with van der Waals surface area (Å²) < 4.78 is 2.02. The zero-order valence-electron chi connectivity index (χ0n) is 9.00. The van der Waals surface area contributed by atoms with E-state index in [-0.39, 0.29) is 12.1 Å². The second-order valence-corrected chi connectivity index (χ2v) is 4.28. The van der Waals surface area contributed by atoms with Gasteiger partial charge in [0.1, 0.15) is 0 Å². The van der Waals surface area contributed by atoms with Gasteiger partial charge in [-0.3, -0.25) is 4.40 Å². The molecule has 1 aliphatic rings. The molecule has 1 saturated heterocycles. The molecule has 0 aromatic carbocycles. The summed E-state index contributed by atoms with van der Waals surface area (Å²) in [6.45, 7) is 0.952. The molecule has 16 heavy (non-hydrogen) atoms. The van der Waals surface area contributed by atoms with Crippen LogP contribution in [-0.2, 0) is 0 Å². The van der Waals surface area contributed by atoms with E-state index in [1.165, 1.54) is 0 Å². The molecule has 0 amide bonds. The summed E-state index contributed by atoms with van der Waals surface area (Å²) in [5.74, 6) is 0.964. The zero-order valence-corrected chi connectivity index (χ0v) is 9.00. The Hall–Kier alpha value is -1.46.